The molecule has 6 nitrogen and oxygen atoms in total. The van der Waals surface area contributed by atoms with E-state index < -0.39 is 12.6 Å². The molecule has 1 aromatic carbocycles. The molecule has 4 rings (SSSR count). The normalized spacial score (nSPS) is 12.5. The minimum absolute atomic E-state index is 0.483. The van der Waals surface area contributed by atoms with Crippen molar-refractivity contribution in [1.29, 1.82) is 0 Å². The molecular formula is C16H10ClN3O3. The molecule has 0 aliphatic carbocycles. The van der Waals surface area contributed by atoms with Gasteiger partial charge in [0.2, 0.25) is 6.61 Å². The molecule has 0 bridgehead atoms. The van der Waals surface area contributed by atoms with Gasteiger partial charge in [0.05, 0.1) is 11.0 Å². The summed E-state index contributed by atoms with van der Waals surface area (Å²) in [5, 5.41) is 15.5. The summed E-state index contributed by atoms with van der Waals surface area (Å²) in [6.07, 6.45) is 3.55. The molecule has 0 unspecified atom stereocenters. The number of fused-ring (bicyclic) bond motifs is 2. The Balaban J connectivity index is 2.17. The molecule has 0 atom stereocenters. The van der Waals surface area contributed by atoms with Crippen LogP contribution >= 0.6 is 11.6 Å². The maximum absolute atomic E-state index is 10.6. The summed E-state index contributed by atoms with van der Waals surface area (Å²) < 4.78 is 1.95. The van der Waals surface area contributed by atoms with Crippen molar-refractivity contribution in [1.82, 2.24) is 9.38 Å². The van der Waals surface area contributed by atoms with Crippen LogP contribution in [0.15, 0.2) is 47.9 Å². The smallest absolute Gasteiger partial charge is 0.344 e. The lowest BCUT2D eigenvalue weighted by Crippen LogP contribution is -2.13. The summed E-state index contributed by atoms with van der Waals surface area (Å²) in [5.74, 6) is -1.09. The molecule has 0 aliphatic heterocycles. The molecule has 0 spiro atoms. The predicted octanol–water partition coefficient (Wildman–Crippen LogP) is 2.65. The summed E-state index contributed by atoms with van der Waals surface area (Å²) in [7, 11) is 0. The van der Waals surface area contributed by atoms with Gasteiger partial charge in [-0.2, -0.15) is 0 Å². The molecule has 0 amide bonds. The SMILES string of the molecule is O=C(O)CO/N=c1/c2nccc3c(Cl)ccc(c32)n2cccc12. The molecule has 23 heavy (non-hydrogen) atoms. The van der Waals surface area contributed by atoms with Crippen molar-refractivity contribution in [3.05, 3.63) is 53.1 Å². The number of rotatable bonds is 3. The zero-order chi connectivity index (χ0) is 16.0. The molecule has 3 heterocycles. The number of benzene rings is 1. The van der Waals surface area contributed by atoms with Crippen molar-refractivity contribution >= 4 is 44.9 Å². The van der Waals surface area contributed by atoms with Crippen LogP contribution in [0.25, 0.3) is 27.3 Å². The van der Waals surface area contributed by atoms with Crippen LogP contribution in [0.2, 0.25) is 5.02 Å². The largest absolute Gasteiger partial charge is 0.479 e. The van der Waals surface area contributed by atoms with E-state index in [-0.39, 0.29) is 0 Å². The van der Waals surface area contributed by atoms with Gasteiger partial charge in [0.15, 0.2) is 5.36 Å². The van der Waals surface area contributed by atoms with Crippen molar-refractivity contribution in [2.24, 2.45) is 5.16 Å². The molecule has 0 saturated heterocycles. The molecule has 0 saturated carbocycles. The minimum atomic E-state index is -1.09. The molecule has 0 aliphatic rings. The molecular weight excluding hydrogens is 318 g/mol. The lowest BCUT2D eigenvalue weighted by molar-refractivity contribution is -0.142. The van der Waals surface area contributed by atoms with Crippen LogP contribution in [-0.2, 0) is 9.63 Å². The highest BCUT2D eigenvalue weighted by Crippen LogP contribution is 2.30. The molecule has 1 N–H and O–H groups in total. The summed E-state index contributed by atoms with van der Waals surface area (Å²) >= 11 is 6.29. The van der Waals surface area contributed by atoms with Gasteiger partial charge in [-0.25, -0.2) is 4.79 Å². The van der Waals surface area contributed by atoms with E-state index in [1.54, 1.807) is 6.20 Å². The van der Waals surface area contributed by atoms with Crippen LogP contribution in [0, 0.1) is 0 Å². The van der Waals surface area contributed by atoms with Crippen molar-refractivity contribution < 1.29 is 14.7 Å². The van der Waals surface area contributed by atoms with Crippen molar-refractivity contribution in [3.63, 3.8) is 0 Å². The summed E-state index contributed by atoms with van der Waals surface area (Å²) in [6, 6.07) is 9.37. The predicted molar refractivity (Wildman–Crippen MR) is 85.6 cm³/mol. The number of hydrogen-bond donors (Lipinski definition) is 1. The highest BCUT2D eigenvalue weighted by Gasteiger charge is 2.13. The quantitative estimate of drug-likeness (QED) is 0.587. The number of hydrogen-bond acceptors (Lipinski definition) is 4. The van der Waals surface area contributed by atoms with Crippen LogP contribution < -0.4 is 5.36 Å². The van der Waals surface area contributed by atoms with Crippen molar-refractivity contribution in [2.75, 3.05) is 6.61 Å². The Bertz CT molecular complexity index is 1120. The van der Waals surface area contributed by atoms with E-state index in [9.17, 15) is 4.79 Å². The van der Waals surface area contributed by atoms with Crippen molar-refractivity contribution in [2.45, 2.75) is 0 Å². The van der Waals surface area contributed by atoms with E-state index in [2.05, 4.69) is 10.1 Å². The van der Waals surface area contributed by atoms with E-state index in [0.717, 1.165) is 21.8 Å². The van der Waals surface area contributed by atoms with Crippen LogP contribution in [0.3, 0.4) is 0 Å². The Morgan fingerprint density at radius 3 is 3.00 bits per heavy atom. The van der Waals surface area contributed by atoms with Gasteiger partial charge in [-0.05, 0) is 30.3 Å². The lowest BCUT2D eigenvalue weighted by atomic mass is 10.1. The van der Waals surface area contributed by atoms with E-state index in [1.807, 2.05) is 40.9 Å². The fourth-order valence-electron chi connectivity index (χ4n) is 2.77. The third-order valence-electron chi connectivity index (χ3n) is 3.67. The topological polar surface area (TPSA) is 76.2 Å². The third-order valence-corrected chi connectivity index (χ3v) is 4.00. The number of pyridine rings is 2. The lowest BCUT2D eigenvalue weighted by Gasteiger charge is -2.10. The van der Waals surface area contributed by atoms with Gasteiger partial charge in [0, 0.05) is 28.2 Å². The maximum Gasteiger partial charge on any atom is 0.344 e. The summed E-state index contributed by atoms with van der Waals surface area (Å²) in [4.78, 5) is 20.0. The second-order valence-electron chi connectivity index (χ2n) is 5.02. The fourth-order valence-corrected chi connectivity index (χ4v) is 2.99. The van der Waals surface area contributed by atoms with Gasteiger partial charge < -0.3 is 14.3 Å². The number of aromatic nitrogens is 2. The summed E-state index contributed by atoms with van der Waals surface area (Å²) in [5.41, 5.74) is 2.35. The number of halogens is 1. The van der Waals surface area contributed by atoms with Crippen LogP contribution in [-0.4, -0.2) is 27.1 Å². The monoisotopic (exact) mass is 327 g/mol. The molecule has 3 aromatic heterocycles. The third kappa shape index (κ3) is 2.07. The van der Waals surface area contributed by atoms with Crippen LogP contribution in [0.5, 0.6) is 0 Å². The average molecular weight is 328 g/mol. The van der Waals surface area contributed by atoms with Gasteiger partial charge >= 0.3 is 5.97 Å². The second-order valence-corrected chi connectivity index (χ2v) is 5.43. The second kappa shape index (κ2) is 5.10. The molecule has 114 valence electrons. The maximum atomic E-state index is 10.6. The van der Waals surface area contributed by atoms with Crippen LogP contribution in [0.1, 0.15) is 0 Å². The molecule has 7 heteroatoms. The Morgan fingerprint density at radius 1 is 1.30 bits per heavy atom. The van der Waals surface area contributed by atoms with Gasteiger partial charge in [-0.1, -0.05) is 16.8 Å². The average Bonchev–Trinajstić information content (AvgIpc) is 3.01. The zero-order valence-electron chi connectivity index (χ0n) is 11.7. The van der Waals surface area contributed by atoms with Gasteiger partial charge in [0.1, 0.15) is 5.52 Å². The fraction of sp³-hybridized carbons (Fsp3) is 0.0625. The first-order chi connectivity index (χ1) is 11.2. The van der Waals surface area contributed by atoms with E-state index in [4.69, 9.17) is 21.5 Å². The Hall–Kier alpha value is -2.86. The van der Waals surface area contributed by atoms with Crippen molar-refractivity contribution in [3.8, 4) is 0 Å². The first-order valence-electron chi connectivity index (χ1n) is 6.84. The van der Waals surface area contributed by atoms with Gasteiger partial charge in [-0.3, -0.25) is 4.98 Å². The number of carbonyl (C=O) groups is 1. The van der Waals surface area contributed by atoms with Gasteiger partial charge in [0.25, 0.3) is 0 Å². The highest BCUT2D eigenvalue weighted by atomic mass is 35.5. The number of aliphatic carboxylic acids is 1. The zero-order valence-corrected chi connectivity index (χ0v) is 12.5. The van der Waals surface area contributed by atoms with E-state index >= 15 is 0 Å². The van der Waals surface area contributed by atoms with Gasteiger partial charge in [-0.15, -0.1) is 0 Å². The van der Waals surface area contributed by atoms with E-state index in [1.165, 1.54) is 0 Å². The first kappa shape index (κ1) is 13.8. The molecule has 0 fully saturated rings. The first-order valence-corrected chi connectivity index (χ1v) is 7.22. The summed E-state index contributed by atoms with van der Waals surface area (Å²) in [6.45, 7) is -0.511. The minimum Gasteiger partial charge on any atom is -0.479 e. The number of nitrogens with zero attached hydrogens (tertiary/aromatic N) is 3. The Morgan fingerprint density at radius 2 is 2.17 bits per heavy atom. The standard InChI is InChI=1S/C16H10ClN3O3/c17-10-3-4-11-14-9(10)5-6-18-16(14)15(19-23-8-13(21)22)12-2-1-7-20(11)12/h1-7H,8H2,(H,21,22)/b19-15+. The van der Waals surface area contributed by atoms with E-state index in [0.29, 0.717) is 15.9 Å². The van der Waals surface area contributed by atoms with Crippen LogP contribution in [0.4, 0.5) is 0 Å². The molecule has 0 radical (unpaired) electrons. The highest BCUT2D eigenvalue weighted by molar-refractivity contribution is 6.37. The Labute approximate surface area is 134 Å². The number of carboxylic acid groups (broad SMARTS) is 1. The number of carboxylic acids is 1. The molecule has 4 aromatic rings. The Kier molecular flexibility index (Phi) is 3.06.